The number of hydrogen-bond donors (Lipinski definition) is 1. The molecule has 35 heavy (non-hydrogen) atoms. The molecule has 2 saturated heterocycles. The maximum atomic E-state index is 13.4. The Morgan fingerprint density at radius 2 is 1.80 bits per heavy atom. The lowest BCUT2D eigenvalue weighted by Crippen LogP contribution is -2.60. The lowest BCUT2D eigenvalue weighted by Gasteiger charge is -2.51. The second-order valence-electron chi connectivity index (χ2n) is 9.19. The van der Waals surface area contributed by atoms with E-state index in [1.807, 2.05) is 0 Å². The summed E-state index contributed by atoms with van der Waals surface area (Å²) in [5.41, 5.74) is 0.853. The van der Waals surface area contributed by atoms with Gasteiger partial charge < -0.3 is 9.84 Å². The van der Waals surface area contributed by atoms with Crippen molar-refractivity contribution in [2.45, 2.75) is 28.5 Å². The number of phenols is 1. The summed E-state index contributed by atoms with van der Waals surface area (Å²) in [5.74, 6) is -6.75. The Morgan fingerprint density at radius 1 is 1.11 bits per heavy atom. The number of nitrogens with zero attached hydrogens (tertiary/aromatic N) is 2. The van der Waals surface area contributed by atoms with Crippen molar-refractivity contribution in [1.29, 1.82) is 0 Å². The van der Waals surface area contributed by atoms with E-state index >= 15 is 0 Å². The van der Waals surface area contributed by atoms with Crippen LogP contribution in [0.2, 0.25) is 5.02 Å². The van der Waals surface area contributed by atoms with Crippen LogP contribution in [0.5, 0.6) is 5.75 Å². The summed E-state index contributed by atoms with van der Waals surface area (Å²) in [6, 6.07) is 4.12. The van der Waals surface area contributed by atoms with Gasteiger partial charge in [-0.2, -0.15) is 4.90 Å². The Morgan fingerprint density at radius 3 is 2.43 bits per heavy atom. The molecule has 2 aliphatic carbocycles. The molecule has 1 aromatic rings. The number of imide groups is 4. The summed E-state index contributed by atoms with van der Waals surface area (Å²) in [5, 5.41) is 9.96. The van der Waals surface area contributed by atoms with Crippen molar-refractivity contribution in [2.24, 2.45) is 17.8 Å². The molecule has 4 aliphatic rings. The van der Waals surface area contributed by atoms with Crippen LogP contribution in [0.3, 0.4) is 0 Å². The van der Waals surface area contributed by atoms with E-state index in [-0.39, 0.29) is 23.6 Å². The molecule has 0 spiro atoms. The summed E-state index contributed by atoms with van der Waals surface area (Å²) in [4.78, 5) is 62.6. The van der Waals surface area contributed by atoms with Gasteiger partial charge in [-0.05, 0) is 36.5 Å². The number of phenolic OH excluding ortho intramolecular Hbond substituents is 1. The number of rotatable bonds is 1. The lowest BCUT2D eigenvalue weighted by atomic mass is 9.56. The van der Waals surface area contributed by atoms with E-state index in [1.165, 1.54) is 25.2 Å². The highest BCUT2D eigenvalue weighted by Crippen LogP contribution is 2.65. The van der Waals surface area contributed by atoms with Gasteiger partial charge in [-0.1, -0.05) is 29.3 Å². The van der Waals surface area contributed by atoms with E-state index < -0.39 is 63.1 Å². The number of halogens is 3. The van der Waals surface area contributed by atoms with Crippen molar-refractivity contribution in [2.75, 3.05) is 14.2 Å². The van der Waals surface area contributed by atoms with Crippen molar-refractivity contribution in [3.05, 3.63) is 40.4 Å². The molecule has 3 fully saturated rings. The van der Waals surface area contributed by atoms with Gasteiger partial charge in [0.1, 0.15) is 5.75 Å². The molecule has 6 atom stereocenters. The molecule has 1 N–H and O–H groups in total. The summed E-state index contributed by atoms with van der Waals surface area (Å²) in [7, 11) is 2.34. The number of hydrogen-bond acceptors (Lipinski definition) is 7. The lowest BCUT2D eigenvalue weighted by molar-refractivity contribution is -0.139. The van der Waals surface area contributed by atoms with E-state index in [0.29, 0.717) is 16.0 Å². The first kappa shape index (κ1) is 24.1. The quantitative estimate of drug-likeness (QED) is 0.330. The van der Waals surface area contributed by atoms with Gasteiger partial charge in [0.2, 0.25) is 11.8 Å². The van der Waals surface area contributed by atoms with Gasteiger partial charge in [-0.15, -0.1) is 23.2 Å². The van der Waals surface area contributed by atoms with Crippen LogP contribution in [0.25, 0.3) is 0 Å². The minimum absolute atomic E-state index is 0.0810. The van der Waals surface area contributed by atoms with Crippen molar-refractivity contribution in [3.8, 4) is 5.75 Å². The summed E-state index contributed by atoms with van der Waals surface area (Å²) in [6.07, 6.45) is 0.507. The van der Waals surface area contributed by atoms with Crippen LogP contribution in [-0.4, -0.2) is 68.5 Å². The van der Waals surface area contributed by atoms with E-state index in [2.05, 4.69) is 4.74 Å². The zero-order chi connectivity index (χ0) is 25.6. The Bertz CT molecular complexity index is 1270. The molecule has 5 rings (SSSR count). The molecule has 1 saturated carbocycles. The van der Waals surface area contributed by atoms with Crippen LogP contribution in [-0.2, 0) is 23.9 Å². The van der Waals surface area contributed by atoms with Crippen molar-refractivity contribution < 1.29 is 33.8 Å². The largest absolute Gasteiger partial charge is 0.508 e. The van der Waals surface area contributed by atoms with Gasteiger partial charge in [-0.25, -0.2) is 4.79 Å². The second kappa shape index (κ2) is 7.69. The fourth-order valence-corrected chi connectivity index (χ4v) is 7.41. The minimum atomic E-state index is -1.98. The standard InChI is InChI=1S/C23H19Cl3N2O7/c1-27-19(32)22(25)8-13-10(5-6-12-15(13)18(31)28(17(12)30)21(34)35-2)16(23(22,26)20(27)33)11-4-3-9(29)7-14(11)24/h3-5,7,12-13,15-16,29H,6,8H2,1-2H3. The third kappa shape index (κ3) is 2.86. The van der Waals surface area contributed by atoms with Crippen LogP contribution in [0, 0.1) is 17.8 Å². The smallest absolute Gasteiger partial charge is 0.423 e. The van der Waals surface area contributed by atoms with Gasteiger partial charge in [0.25, 0.3) is 11.8 Å². The molecule has 184 valence electrons. The summed E-state index contributed by atoms with van der Waals surface area (Å²) in [6.45, 7) is 0. The number of aromatic hydroxyl groups is 1. The molecule has 0 aromatic heterocycles. The average molecular weight is 542 g/mol. The average Bonchev–Trinajstić information content (AvgIpc) is 3.14. The maximum absolute atomic E-state index is 13.4. The third-order valence-corrected chi connectivity index (χ3v) is 9.41. The molecule has 12 heteroatoms. The fraction of sp³-hybridized carbons (Fsp3) is 0.435. The van der Waals surface area contributed by atoms with Crippen LogP contribution < -0.4 is 0 Å². The van der Waals surface area contributed by atoms with Gasteiger partial charge in [0.15, 0.2) is 9.75 Å². The highest BCUT2D eigenvalue weighted by molar-refractivity contribution is 6.53. The Hall–Kier alpha value is -2.62. The zero-order valence-corrected chi connectivity index (χ0v) is 20.7. The number of carbonyl (C=O) groups excluding carboxylic acids is 5. The molecule has 0 radical (unpaired) electrons. The first-order valence-electron chi connectivity index (χ1n) is 10.7. The SMILES string of the molecule is COC(=O)N1C(=O)C2CC=C3C(CC4(Cl)C(=O)N(C)C(=O)C4(Cl)C3c3ccc(O)cc3Cl)C2C1=O. The molecule has 2 aliphatic heterocycles. The number of likely N-dealkylation sites (tertiary alicyclic amines) is 2. The Kier molecular flexibility index (Phi) is 5.29. The highest BCUT2D eigenvalue weighted by Gasteiger charge is 2.76. The van der Waals surface area contributed by atoms with Gasteiger partial charge in [0.05, 0.1) is 18.9 Å². The maximum Gasteiger partial charge on any atom is 0.423 e. The van der Waals surface area contributed by atoms with E-state index in [4.69, 9.17) is 34.8 Å². The number of methoxy groups -OCH3 is 1. The predicted octanol–water partition coefficient (Wildman–Crippen LogP) is 2.80. The van der Waals surface area contributed by atoms with Crippen LogP contribution >= 0.6 is 34.8 Å². The molecule has 6 unspecified atom stereocenters. The number of alkyl halides is 2. The third-order valence-electron chi connectivity index (χ3n) is 7.67. The van der Waals surface area contributed by atoms with Crippen LogP contribution in [0.1, 0.15) is 24.3 Å². The number of amides is 5. The van der Waals surface area contributed by atoms with Gasteiger partial charge >= 0.3 is 6.09 Å². The summed E-state index contributed by atoms with van der Waals surface area (Å²) >= 11 is 20.5. The molecule has 9 nitrogen and oxygen atoms in total. The van der Waals surface area contributed by atoms with Gasteiger partial charge in [-0.3, -0.25) is 24.1 Å². The van der Waals surface area contributed by atoms with Crippen molar-refractivity contribution in [1.82, 2.24) is 9.80 Å². The first-order chi connectivity index (χ1) is 16.4. The fourth-order valence-electron chi connectivity index (χ4n) is 6.11. The van der Waals surface area contributed by atoms with Crippen LogP contribution in [0.4, 0.5) is 4.79 Å². The van der Waals surface area contributed by atoms with Crippen molar-refractivity contribution in [3.63, 3.8) is 0 Å². The monoisotopic (exact) mass is 540 g/mol. The molecule has 0 bridgehead atoms. The van der Waals surface area contributed by atoms with E-state index in [9.17, 15) is 29.1 Å². The van der Waals surface area contributed by atoms with Gasteiger partial charge in [0, 0.05) is 18.0 Å². The molecule has 1 aromatic carbocycles. The number of allylic oxidation sites excluding steroid dienone is 2. The zero-order valence-electron chi connectivity index (χ0n) is 18.5. The van der Waals surface area contributed by atoms with Crippen molar-refractivity contribution >= 4 is 64.5 Å². The Balaban J connectivity index is 1.73. The second-order valence-corrected chi connectivity index (χ2v) is 10.8. The first-order valence-corrected chi connectivity index (χ1v) is 11.9. The summed E-state index contributed by atoms with van der Waals surface area (Å²) < 4.78 is 4.62. The van der Waals surface area contributed by atoms with Crippen LogP contribution in [0.15, 0.2) is 29.8 Å². The van der Waals surface area contributed by atoms with E-state index in [0.717, 1.165) is 12.0 Å². The van der Waals surface area contributed by atoms with E-state index in [1.54, 1.807) is 6.08 Å². The topological polar surface area (TPSA) is 121 Å². The normalized spacial score (nSPS) is 36.1. The highest BCUT2D eigenvalue weighted by atomic mass is 35.5. The minimum Gasteiger partial charge on any atom is -0.508 e. The number of carbonyl (C=O) groups is 5. The number of fused-ring (bicyclic) bond motifs is 4. The number of benzene rings is 1. The molecular weight excluding hydrogens is 523 g/mol. The predicted molar refractivity (Wildman–Crippen MR) is 123 cm³/mol. The molecule has 5 amide bonds. The Labute approximate surface area is 214 Å². The number of ether oxygens (including phenoxy) is 1. The molecular formula is C23H19Cl3N2O7. The molecule has 2 heterocycles.